The number of carboxylic acid groups (broad SMARTS) is 1. The minimum absolute atomic E-state index is 0.0342. The number of benzene rings is 1. The van der Waals surface area contributed by atoms with E-state index in [9.17, 15) is 14.9 Å². The molecule has 2 aromatic rings. The number of non-ortho nitro benzene ring substituents is 1. The first-order valence-corrected chi connectivity index (χ1v) is 5.55. The summed E-state index contributed by atoms with van der Waals surface area (Å²) < 4.78 is 1.67. The van der Waals surface area contributed by atoms with Gasteiger partial charge in [0.25, 0.3) is 5.69 Å². The lowest BCUT2D eigenvalue weighted by Gasteiger charge is -2.05. The molecule has 1 aromatic heterocycles. The van der Waals surface area contributed by atoms with Gasteiger partial charge in [-0.25, -0.2) is 4.79 Å². The molecule has 0 aliphatic carbocycles. The topological polar surface area (TPSA) is 85.4 Å². The zero-order chi connectivity index (χ0) is 13.3. The zero-order valence-corrected chi connectivity index (χ0v) is 9.79. The summed E-state index contributed by atoms with van der Waals surface area (Å²) in [6.45, 7) is 2.52. The Balaban J connectivity index is 2.67. The molecule has 0 spiro atoms. The van der Waals surface area contributed by atoms with Crippen LogP contribution in [-0.4, -0.2) is 20.6 Å². The maximum Gasteiger partial charge on any atom is 0.352 e. The van der Waals surface area contributed by atoms with E-state index in [2.05, 4.69) is 0 Å². The number of hydrogen-bond acceptors (Lipinski definition) is 3. The minimum Gasteiger partial charge on any atom is -0.477 e. The molecule has 0 unspecified atom stereocenters. The number of aromatic nitrogens is 1. The van der Waals surface area contributed by atoms with Gasteiger partial charge in [-0.15, -0.1) is 0 Å². The van der Waals surface area contributed by atoms with Crippen molar-refractivity contribution >= 4 is 22.6 Å². The average molecular weight is 248 g/mol. The standard InChI is InChI=1S/C12H12N2O4/c1-2-5-13-10-4-3-9(14(17)18)6-8(10)7-11(13)12(15)16/h3-4,6-7H,2,5H2,1H3,(H,15,16). The summed E-state index contributed by atoms with van der Waals surface area (Å²) in [4.78, 5) is 21.3. The highest BCUT2D eigenvalue weighted by Crippen LogP contribution is 2.25. The maximum atomic E-state index is 11.1. The first-order valence-electron chi connectivity index (χ1n) is 5.55. The van der Waals surface area contributed by atoms with Crippen molar-refractivity contribution in [1.82, 2.24) is 4.57 Å². The second kappa shape index (κ2) is 4.48. The van der Waals surface area contributed by atoms with Crippen LogP contribution in [0.2, 0.25) is 0 Å². The Hall–Kier alpha value is -2.37. The number of nitro benzene ring substituents is 1. The first-order chi connectivity index (χ1) is 8.54. The highest BCUT2D eigenvalue weighted by atomic mass is 16.6. The Labute approximate surface area is 103 Å². The summed E-state index contributed by atoms with van der Waals surface area (Å²) in [5.41, 5.74) is 0.834. The Morgan fingerprint density at radius 1 is 1.44 bits per heavy atom. The summed E-state index contributed by atoms with van der Waals surface area (Å²) >= 11 is 0. The number of carboxylic acids is 1. The van der Waals surface area contributed by atoms with Crippen molar-refractivity contribution in [2.75, 3.05) is 0 Å². The van der Waals surface area contributed by atoms with E-state index in [0.29, 0.717) is 17.4 Å². The highest BCUT2D eigenvalue weighted by molar-refractivity contribution is 5.95. The molecule has 0 aliphatic heterocycles. The van der Waals surface area contributed by atoms with Gasteiger partial charge in [0, 0.05) is 29.6 Å². The van der Waals surface area contributed by atoms with Crippen LogP contribution >= 0.6 is 0 Å². The fraction of sp³-hybridized carbons (Fsp3) is 0.250. The van der Waals surface area contributed by atoms with Crippen LogP contribution in [0, 0.1) is 10.1 Å². The molecule has 1 heterocycles. The molecule has 0 amide bonds. The maximum absolute atomic E-state index is 11.1. The lowest BCUT2D eigenvalue weighted by molar-refractivity contribution is -0.384. The van der Waals surface area contributed by atoms with Crippen molar-refractivity contribution in [3.63, 3.8) is 0 Å². The molecule has 0 fully saturated rings. The lowest BCUT2D eigenvalue weighted by atomic mass is 10.2. The number of aryl methyl sites for hydroxylation is 1. The largest absolute Gasteiger partial charge is 0.477 e. The number of nitrogens with zero attached hydrogens (tertiary/aromatic N) is 2. The van der Waals surface area contributed by atoms with Crippen molar-refractivity contribution in [2.24, 2.45) is 0 Å². The number of rotatable bonds is 4. The summed E-state index contributed by atoms with van der Waals surface area (Å²) in [5, 5.41) is 20.4. The monoisotopic (exact) mass is 248 g/mol. The molecular formula is C12H12N2O4. The van der Waals surface area contributed by atoms with Gasteiger partial charge in [-0.2, -0.15) is 0 Å². The Bertz CT molecular complexity index is 630. The van der Waals surface area contributed by atoms with E-state index in [1.165, 1.54) is 18.2 Å². The van der Waals surface area contributed by atoms with Gasteiger partial charge < -0.3 is 9.67 Å². The van der Waals surface area contributed by atoms with Gasteiger partial charge in [0.1, 0.15) is 5.69 Å². The number of aromatic carboxylic acids is 1. The smallest absolute Gasteiger partial charge is 0.352 e. The quantitative estimate of drug-likeness (QED) is 0.665. The van der Waals surface area contributed by atoms with Crippen LogP contribution in [-0.2, 0) is 6.54 Å². The third-order valence-electron chi connectivity index (χ3n) is 2.76. The molecule has 1 N–H and O–H groups in total. The van der Waals surface area contributed by atoms with E-state index in [1.54, 1.807) is 10.6 Å². The van der Waals surface area contributed by atoms with Crippen LogP contribution in [0.4, 0.5) is 5.69 Å². The average Bonchev–Trinajstić information content (AvgIpc) is 2.68. The zero-order valence-electron chi connectivity index (χ0n) is 9.79. The van der Waals surface area contributed by atoms with Crippen LogP contribution in [0.5, 0.6) is 0 Å². The third kappa shape index (κ3) is 1.92. The second-order valence-electron chi connectivity index (χ2n) is 3.99. The van der Waals surface area contributed by atoms with E-state index in [0.717, 1.165) is 6.42 Å². The predicted molar refractivity (Wildman–Crippen MR) is 65.8 cm³/mol. The number of carbonyl (C=O) groups is 1. The fourth-order valence-corrected chi connectivity index (χ4v) is 2.01. The van der Waals surface area contributed by atoms with Crippen molar-refractivity contribution in [3.8, 4) is 0 Å². The lowest BCUT2D eigenvalue weighted by Crippen LogP contribution is -2.07. The molecule has 2 rings (SSSR count). The number of fused-ring (bicyclic) bond motifs is 1. The molecule has 6 nitrogen and oxygen atoms in total. The van der Waals surface area contributed by atoms with Gasteiger partial charge in [0.05, 0.1) is 4.92 Å². The Morgan fingerprint density at radius 2 is 2.17 bits per heavy atom. The van der Waals surface area contributed by atoms with Crippen molar-refractivity contribution < 1.29 is 14.8 Å². The van der Waals surface area contributed by atoms with Crippen molar-refractivity contribution in [3.05, 3.63) is 40.1 Å². The molecule has 0 saturated heterocycles. The van der Waals surface area contributed by atoms with E-state index in [1.807, 2.05) is 6.92 Å². The molecule has 94 valence electrons. The fourth-order valence-electron chi connectivity index (χ4n) is 2.01. The molecule has 1 aromatic carbocycles. The van der Waals surface area contributed by atoms with E-state index in [-0.39, 0.29) is 11.4 Å². The van der Waals surface area contributed by atoms with Crippen LogP contribution in [0.3, 0.4) is 0 Å². The Morgan fingerprint density at radius 3 is 2.72 bits per heavy atom. The molecular weight excluding hydrogens is 236 g/mol. The van der Waals surface area contributed by atoms with Gasteiger partial charge in [-0.3, -0.25) is 10.1 Å². The van der Waals surface area contributed by atoms with Crippen molar-refractivity contribution in [2.45, 2.75) is 19.9 Å². The molecule has 0 bridgehead atoms. The Kier molecular flexibility index (Phi) is 3.01. The van der Waals surface area contributed by atoms with Gasteiger partial charge >= 0.3 is 5.97 Å². The second-order valence-corrected chi connectivity index (χ2v) is 3.99. The molecule has 0 aliphatic rings. The van der Waals surface area contributed by atoms with Crippen molar-refractivity contribution in [1.29, 1.82) is 0 Å². The summed E-state index contributed by atoms with van der Waals surface area (Å²) in [7, 11) is 0. The summed E-state index contributed by atoms with van der Waals surface area (Å²) in [5.74, 6) is -1.03. The van der Waals surface area contributed by atoms with E-state index < -0.39 is 10.9 Å². The summed E-state index contributed by atoms with van der Waals surface area (Å²) in [6.07, 6.45) is 0.793. The highest BCUT2D eigenvalue weighted by Gasteiger charge is 2.16. The van der Waals surface area contributed by atoms with Gasteiger partial charge in [-0.1, -0.05) is 6.92 Å². The van der Waals surface area contributed by atoms with Crippen LogP contribution < -0.4 is 0 Å². The number of hydrogen-bond donors (Lipinski definition) is 1. The molecule has 0 atom stereocenters. The third-order valence-corrected chi connectivity index (χ3v) is 2.76. The van der Waals surface area contributed by atoms with Gasteiger partial charge in [0.15, 0.2) is 0 Å². The molecule has 18 heavy (non-hydrogen) atoms. The first kappa shape index (κ1) is 12.1. The SMILES string of the molecule is CCCn1c(C(=O)O)cc2cc([N+](=O)[O-])ccc21. The molecule has 6 heteroatoms. The summed E-state index contributed by atoms with van der Waals surface area (Å²) in [6, 6.07) is 5.85. The number of nitro groups is 1. The molecule has 0 radical (unpaired) electrons. The predicted octanol–water partition coefficient (Wildman–Crippen LogP) is 2.66. The normalized spacial score (nSPS) is 10.7. The van der Waals surface area contributed by atoms with E-state index >= 15 is 0 Å². The van der Waals surface area contributed by atoms with Crippen LogP contribution in [0.25, 0.3) is 10.9 Å². The minimum atomic E-state index is -1.03. The van der Waals surface area contributed by atoms with Crippen LogP contribution in [0.15, 0.2) is 24.3 Å². The van der Waals surface area contributed by atoms with E-state index in [4.69, 9.17) is 5.11 Å². The van der Waals surface area contributed by atoms with Crippen LogP contribution in [0.1, 0.15) is 23.8 Å². The molecule has 0 saturated carbocycles. The van der Waals surface area contributed by atoms with Gasteiger partial charge in [-0.05, 0) is 18.6 Å². The van der Waals surface area contributed by atoms with Gasteiger partial charge in [0.2, 0.25) is 0 Å².